The van der Waals surface area contributed by atoms with E-state index in [0.29, 0.717) is 5.82 Å². The minimum Gasteiger partial charge on any atom is -0.321 e. The van der Waals surface area contributed by atoms with Crippen molar-refractivity contribution < 1.29 is 0 Å². The lowest BCUT2D eigenvalue weighted by molar-refractivity contribution is 0.462. The van der Waals surface area contributed by atoms with Gasteiger partial charge in [-0.25, -0.2) is 0 Å². The van der Waals surface area contributed by atoms with E-state index < -0.39 is 0 Å². The second-order valence-corrected chi connectivity index (χ2v) is 4.68. The third kappa shape index (κ3) is 1.82. The first kappa shape index (κ1) is 10.4. The number of nitrogens with zero attached hydrogens (tertiary/aromatic N) is 3. The fourth-order valence-electron chi connectivity index (χ4n) is 2.53. The van der Waals surface area contributed by atoms with E-state index in [0.717, 1.165) is 18.4 Å². The molecular weight excluding hydrogens is 214 g/mol. The minimum atomic E-state index is -0.129. The van der Waals surface area contributed by atoms with Crippen molar-refractivity contribution in [1.29, 1.82) is 0 Å². The van der Waals surface area contributed by atoms with Crippen LogP contribution in [-0.4, -0.2) is 20.6 Å². The van der Waals surface area contributed by atoms with Gasteiger partial charge in [0, 0.05) is 11.1 Å². The van der Waals surface area contributed by atoms with Crippen LogP contribution >= 0.6 is 0 Å². The summed E-state index contributed by atoms with van der Waals surface area (Å²) in [6.45, 7) is 0. The molecule has 5 heteroatoms. The van der Waals surface area contributed by atoms with Crippen LogP contribution in [0.3, 0.4) is 0 Å². The van der Waals surface area contributed by atoms with Crippen molar-refractivity contribution in [3.8, 4) is 11.4 Å². The minimum absolute atomic E-state index is 0.129. The van der Waals surface area contributed by atoms with Gasteiger partial charge in [0.05, 0.1) is 0 Å². The highest BCUT2D eigenvalue weighted by Gasteiger charge is 2.30. The van der Waals surface area contributed by atoms with Crippen LogP contribution in [0, 0.1) is 0 Å². The maximum atomic E-state index is 6.40. The maximum absolute atomic E-state index is 6.40. The van der Waals surface area contributed by atoms with Crippen molar-refractivity contribution in [3.63, 3.8) is 0 Å². The molecule has 1 fully saturated rings. The van der Waals surface area contributed by atoms with Gasteiger partial charge in [0.15, 0.2) is 0 Å². The van der Waals surface area contributed by atoms with Crippen molar-refractivity contribution >= 4 is 0 Å². The van der Waals surface area contributed by atoms with Gasteiger partial charge in [-0.15, -0.1) is 10.2 Å². The third-order valence-corrected chi connectivity index (χ3v) is 3.56. The molecule has 1 aliphatic carbocycles. The molecule has 0 atom stereocenters. The fraction of sp³-hybridized carbons (Fsp3) is 0.417. The van der Waals surface area contributed by atoms with Crippen molar-refractivity contribution in [2.45, 2.75) is 31.2 Å². The fourth-order valence-corrected chi connectivity index (χ4v) is 2.53. The van der Waals surface area contributed by atoms with Gasteiger partial charge in [0.25, 0.3) is 0 Å². The molecule has 0 spiro atoms. The molecule has 2 aromatic rings. The summed E-state index contributed by atoms with van der Waals surface area (Å²) in [4.78, 5) is 0. The Morgan fingerprint density at radius 2 is 1.82 bits per heavy atom. The molecule has 1 aromatic heterocycles. The number of rotatable bonds is 2. The molecule has 1 heterocycles. The Labute approximate surface area is 99.4 Å². The van der Waals surface area contributed by atoms with Crippen LogP contribution in [-0.2, 0) is 5.54 Å². The van der Waals surface area contributed by atoms with Gasteiger partial charge in [-0.1, -0.05) is 37.1 Å². The molecule has 0 saturated heterocycles. The van der Waals surface area contributed by atoms with Gasteiger partial charge >= 0.3 is 0 Å². The molecule has 17 heavy (non-hydrogen) atoms. The Hall–Kier alpha value is -1.75. The highest BCUT2D eigenvalue weighted by molar-refractivity contribution is 5.54. The zero-order valence-corrected chi connectivity index (χ0v) is 9.56. The number of aromatic amines is 1. The number of nitrogens with two attached hydrogens (primary N) is 1. The number of hydrogen-bond donors (Lipinski definition) is 2. The van der Waals surface area contributed by atoms with Crippen LogP contribution in [0.2, 0.25) is 0 Å². The van der Waals surface area contributed by atoms with E-state index >= 15 is 0 Å². The van der Waals surface area contributed by atoms with Gasteiger partial charge < -0.3 is 5.73 Å². The summed E-state index contributed by atoms with van der Waals surface area (Å²) in [6, 6.07) is 8.17. The predicted octanol–water partition coefficient (Wildman–Crippen LogP) is 1.59. The standard InChI is InChI=1S/C12H15N5/c13-12(7-1-2-8-12)10-5-3-9(4-6-10)11-14-16-17-15-11/h3-6H,1-2,7-8,13H2,(H,14,15,16,17). The second kappa shape index (κ2) is 3.92. The lowest BCUT2D eigenvalue weighted by Gasteiger charge is -2.24. The lowest BCUT2D eigenvalue weighted by Crippen LogP contribution is -2.32. The number of aromatic nitrogens is 4. The van der Waals surface area contributed by atoms with Crippen LogP contribution in [0.15, 0.2) is 24.3 Å². The zero-order valence-electron chi connectivity index (χ0n) is 9.56. The first-order valence-corrected chi connectivity index (χ1v) is 5.91. The van der Waals surface area contributed by atoms with E-state index in [4.69, 9.17) is 5.73 Å². The van der Waals surface area contributed by atoms with Crippen molar-refractivity contribution in [2.75, 3.05) is 0 Å². The number of H-pyrrole nitrogens is 1. The SMILES string of the molecule is NC1(c2ccc(-c3nn[nH]n3)cc2)CCCC1. The molecule has 1 aliphatic rings. The van der Waals surface area contributed by atoms with E-state index in [1.54, 1.807) is 0 Å². The van der Waals surface area contributed by atoms with Crippen molar-refractivity contribution in [1.82, 2.24) is 20.6 Å². The molecular formula is C12H15N5. The van der Waals surface area contributed by atoms with Gasteiger partial charge in [0.2, 0.25) is 5.82 Å². The van der Waals surface area contributed by atoms with Crippen LogP contribution in [0.4, 0.5) is 0 Å². The number of tetrazole rings is 1. The van der Waals surface area contributed by atoms with Crippen LogP contribution in [0.5, 0.6) is 0 Å². The maximum Gasteiger partial charge on any atom is 0.204 e. The largest absolute Gasteiger partial charge is 0.321 e. The first-order chi connectivity index (χ1) is 8.28. The summed E-state index contributed by atoms with van der Waals surface area (Å²) < 4.78 is 0. The summed E-state index contributed by atoms with van der Waals surface area (Å²) >= 11 is 0. The zero-order chi connectivity index (χ0) is 11.7. The Bertz CT molecular complexity index is 482. The smallest absolute Gasteiger partial charge is 0.204 e. The molecule has 0 unspecified atom stereocenters. The molecule has 5 nitrogen and oxygen atoms in total. The van der Waals surface area contributed by atoms with E-state index in [2.05, 4.69) is 32.8 Å². The molecule has 0 bridgehead atoms. The summed E-state index contributed by atoms with van der Waals surface area (Å²) in [7, 11) is 0. The van der Waals surface area contributed by atoms with E-state index in [-0.39, 0.29) is 5.54 Å². The summed E-state index contributed by atoms with van der Waals surface area (Å²) in [5, 5.41) is 13.9. The van der Waals surface area contributed by atoms with Crippen molar-refractivity contribution in [2.24, 2.45) is 5.73 Å². The highest BCUT2D eigenvalue weighted by atomic mass is 15.5. The normalized spacial score (nSPS) is 18.4. The Kier molecular flexibility index (Phi) is 2.40. The number of nitrogens with one attached hydrogen (secondary N) is 1. The third-order valence-electron chi connectivity index (χ3n) is 3.56. The van der Waals surface area contributed by atoms with Gasteiger partial charge in [-0.05, 0) is 23.6 Å². The lowest BCUT2D eigenvalue weighted by atomic mass is 9.89. The van der Waals surface area contributed by atoms with Crippen LogP contribution in [0.1, 0.15) is 31.2 Å². The molecule has 3 rings (SSSR count). The van der Waals surface area contributed by atoms with Gasteiger partial charge in [-0.2, -0.15) is 5.21 Å². The second-order valence-electron chi connectivity index (χ2n) is 4.68. The summed E-state index contributed by atoms with van der Waals surface area (Å²) in [5.74, 6) is 0.619. The van der Waals surface area contributed by atoms with E-state index in [9.17, 15) is 0 Å². The molecule has 1 aromatic carbocycles. The number of benzene rings is 1. The molecule has 3 N–H and O–H groups in total. The molecule has 0 radical (unpaired) electrons. The topological polar surface area (TPSA) is 80.5 Å². The van der Waals surface area contributed by atoms with Crippen LogP contribution < -0.4 is 5.73 Å². The number of hydrogen-bond acceptors (Lipinski definition) is 4. The Morgan fingerprint density at radius 1 is 1.12 bits per heavy atom. The monoisotopic (exact) mass is 229 g/mol. The predicted molar refractivity (Wildman–Crippen MR) is 63.9 cm³/mol. The Balaban J connectivity index is 1.90. The van der Waals surface area contributed by atoms with E-state index in [1.807, 2.05) is 12.1 Å². The molecule has 1 saturated carbocycles. The summed E-state index contributed by atoms with van der Waals surface area (Å²) in [5.41, 5.74) is 8.44. The molecule has 0 aliphatic heterocycles. The van der Waals surface area contributed by atoms with E-state index in [1.165, 1.54) is 18.4 Å². The van der Waals surface area contributed by atoms with Crippen molar-refractivity contribution in [3.05, 3.63) is 29.8 Å². The molecule has 0 amide bonds. The van der Waals surface area contributed by atoms with Gasteiger partial charge in [-0.3, -0.25) is 0 Å². The Morgan fingerprint density at radius 3 is 2.41 bits per heavy atom. The molecule has 88 valence electrons. The van der Waals surface area contributed by atoms with Crippen LogP contribution in [0.25, 0.3) is 11.4 Å². The quantitative estimate of drug-likeness (QED) is 0.819. The highest BCUT2D eigenvalue weighted by Crippen LogP contribution is 2.36. The summed E-state index contributed by atoms with van der Waals surface area (Å²) in [6.07, 6.45) is 4.61. The van der Waals surface area contributed by atoms with Gasteiger partial charge in [0.1, 0.15) is 0 Å². The average Bonchev–Trinajstić information content (AvgIpc) is 3.01. The first-order valence-electron chi connectivity index (χ1n) is 5.91. The average molecular weight is 229 g/mol.